The summed E-state index contributed by atoms with van der Waals surface area (Å²) in [6, 6.07) is 10.3. The van der Waals surface area contributed by atoms with Gasteiger partial charge in [-0.2, -0.15) is 17.9 Å². The van der Waals surface area contributed by atoms with Crippen molar-refractivity contribution < 1.29 is 98.1 Å². The van der Waals surface area contributed by atoms with Gasteiger partial charge in [0.2, 0.25) is 37.3 Å². The molecule has 2 atom stereocenters. The third-order valence-electron chi connectivity index (χ3n) is 4.77. The predicted octanol–water partition coefficient (Wildman–Crippen LogP) is 4.86. The van der Waals surface area contributed by atoms with Crippen molar-refractivity contribution in [2.24, 2.45) is 0 Å². The summed E-state index contributed by atoms with van der Waals surface area (Å²) in [7, 11) is 2.16. The highest BCUT2D eigenvalue weighted by atomic mass is 32.1. The van der Waals surface area contributed by atoms with E-state index < -0.39 is 46.7 Å². The molecule has 70 heavy (non-hydrogen) atoms. The van der Waals surface area contributed by atoms with Crippen molar-refractivity contribution in [2.45, 2.75) is 55.4 Å². The van der Waals surface area contributed by atoms with Crippen molar-refractivity contribution in [3.05, 3.63) is 51.9 Å². The lowest BCUT2D eigenvalue weighted by atomic mass is 10.2. The van der Waals surface area contributed by atoms with Crippen LogP contribution in [0.15, 0.2) is 35.1 Å². The van der Waals surface area contributed by atoms with Gasteiger partial charge in [0.1, 0.15) is 17.3 Å². The van der Waals surface area contributed by atoms with Gasteiger partial charge in [-0.05, 0) is 41.5 Å². The van der Waals surface area contributed by atoms with Crippen LogP contribution in [0.4, 0.5) is 0 Å². The number of aryl methyl sites for hydroxylation is 2. The SMILES string of the molecule is CC.CC(C)=O.CC(C)=O.COP(C)(C)=O.CO[P+](C)([O-])O.CO[P+](C)([O-])OC.CO[P+]([O-])(OC)OC[N+](C)(C)C.CP(C)(=O)O.C[N+](C)(C)CO[P+](C)([O-])O.Cc1ccccc1.Cc1ns[nH]c1=O. The molecule has 24 nitrogen and oxygen atoms in total. The second-order valence-electron chi connectivity index (χ2n) is 16.2. The molecule has 1 aromatic heterocycles. The quantitative estimate of drug-likeness (QED) is 0.125. The third kappa shape index (κ3) is 122. The molecule has 2 rings (SSSR count). The van der Waals surface area contributed by atoms with Crippen molar-refractivity contribution in [1.82, 2.24) is 8.75 Å². The van der Waals surface area contributed by atoms with E-state index in [-0.39, 0.29) is 30.6 Å². The molecule has 0 fully saturated rings. The van der Waals surface area contributed by atoms with Crippen molar-refractivity contribution in [2.75, 3.05) is 145 Å². The number of nitrogens with zero attached hydrogens (tertiary/aromatic N) is 3. The van der Waals surface area contributed by atoms with Crippen LogP contribution >= 0.6 is 58.5 Å². The summed E-state index contributed by atoms with van der Waals surface area (Å²) in [6.07, 6.45) is 0. The van der Waals surface area contributed by atoms with E-state index in [2.05, 4.69) is 59.5 Å². The van der Waals surface area contributed by atoms with Crippen LogP contribution in [0.25, 0.3) is 0 Å². The molecule has 2 aromatic rings. The number of ketones is 2. The van der Waals surface area contributed by atoms with Crippen LogP contribution in [0, 0.1) is 13.8 Å². The second kappa shape index (κ2) is 48.1. The minimum atomic E-state index is -3.29. The number of rotatable bonds is 12. The van der Waals surface area contributed by atoms with Crippen LogP contribution < -0.4 is 25.1 Å². The number of quaternary nitrogens is 2. The molecule has 2 unspecified atom stereocenters. The maximum Gasteiger partial charge on any atom is 0.386 e. The van der Waals surface area contributed by atoms with Crippen LogP contribution in [-0.4, -0.2) is 189 Å². The molecule has 0 bridgehead atoms. The normalized spacial score (nSPS) is 12.4. The average Bonchev–Trinajstić information content (AvgIpc) is 3.57. The lowest BCUT2D eigenvalue weighted by molar-refractivity contribution is -0.887. The maximum absolute atomic E-state index is 11.3. The van der Waals surface area contributed by atoms with Gasteiger partial charge in [0, 0.05) is 45.5 Å². The van der Waals surface area contributed by atoms with Crippen LogP contribution in [0.2, 0.25) is 0 Å². The number of nitrogens with one attached hydrogen (secondary N) is 1. The number of benzene rings is 1. The van der Waals surface area contributed by atoms with E-state index in [0.29, 0.717) is 14.7 Å². The minimum Gasteiger partial charge on any atom is -0.632 e. The van der Waals surface area contributed by atoms with E-state index in [4.69, 9.17) is 19.2 Å². The fraction of sp³-hybridized carbons (Fsp3) is 0.744. The lowest BCUT2D eigenvalue weighted by Crippen LogP contribution is -2.37. The molecule has 1 heterocycles. The van der Waals surface area contributed by atoms with Gasteiger partial charge in [0.05, 0.1) is 97.8 Å². The topological polar surface area (TPSA) is 341 Å². The molecule has 0 amide bonds. The summed E-state index contributed by atoms with van der Waals surface area (Å²) in [5.74, 6) is 0.333. The molecule has 0 aliphatic rings. The molecular formula is C39H94N4O20P6S+2. The third-order valence-corrected chi connectivity index (χ3v) is 10.2. The molecule has 1 aromatic carbocycles. The Morgan fingerprint density at radius 1 is 0.671 bits per heavy atom. The maximum atomic E-state index is 11.3. The average molecular weight is 1160 g/mol. The summed E-state index contributed by atoms with van der Waals surface area (Å²) >= 11 is 1.08. The summed E-state index contributed by atoms with van der Waals surface area (Å²) in [6.45, 7) is 23.9. The summed E-state index contributed by atoms with van der Waals surface area (Å²) < 4.78 is 63.5. The first-order valence-corrected chi connectivity index (χ1v) is 33.6. The van der Waals surface area contributed by atoms with Crippen LogP contribution in [-0.2, 0) is 54.9 Å². The number of aromatic nitrogens is 2. The van der Waals surface area contributed by atoms with Crippen LogP contribution in [0.5, 0.6) is 0 Å². The van der Waals surface area contributed by atoms with Crippen LogP contribution in [0.3, 0.4) is 0 Å². The molecule has 31 heteroatoms. The van der Waals surface area contributed by atoms with Gasteiger partial charge in [-0.15, -0.1) is 4.52 Å². The zero-order valence-corrected chi connectivity index (χ0v) is 53.2. The monoisotopic (exact) mass is 1160 g/mol. The van der Waals surface area contributed by atoms with E-state index in [1.54, 1.807) is 20.3 Å². The highest BCUT2D eigenvalue weighted by Crippen LogP contribution is 2.52. The smallest absolute Gasteiger partial charge is 0.386 e. The Labute approximate surface area is 427 Å². The number of hydrogen-bond donors (Lipinski definition) is 4. The highest BCUT2D eigenvalue weighted by Gasteiger charge is 2.32. The van der Waals surface area contributed by atoms with Crippen molar-refractivity contribution in [1.29, 1.82) is 0 Å². The van der Waals surface area contributed by atoms with Gasteiger partial charge in [0.25, 0.3) is 5.56 Å². The lowest BCUT2D eigenvalue weighted by Gasteiger charge is -2.27. The molecule has 0 saturated carbocycles. The van der Waals surface area contributed by atoms with Crippen molar-refractivity contribution >= 4 is 70.0 Å². The Morgan fingerprint density at radius 3 is 1.06 bits per heavy atom. The Morgan fingerprint density at radius 2 is 0.957 bits per heavy atom. The first-order valence-electron chi connectivity index (χ1n) is 20.3. The van der Waals surface area contributed by atoms with E-state index >= 15 is 0 Å². The number of carbonyl (C=O) groups is 2. The van der Waals surface area contributed by atoms with Crippen molar-refractivity contribution in [3.8, 4) is 0 Å². The van der Waals surface area contributed by atoms with Gasteiger partial charge in [-0.1, -0.05) is 49.7 Å². The number of Topliss-reactive ketones (excluding diaryl/α,β-unsaturated/α-hetero) is 2. The molecule has 424 valence electrons. The van der Waals surface area contributed by atoms with E-state index in [0.717, 1.165) is 18.4 Å². The van der Waals surface area contributed by atoms with E-state index in [1.807, 2.05) is 74.3 Å². The minimum absolute atomic E-state index is 0.0787. The number of H-pyrrole nitrogens is 1. The second-order valence-corrected chi connectivity index (χ2v) is 30.3. The largest absolute Gasteiger partial charge is 0.632 e. The predicted molar refractivity (Wildman–Crippen MR) is 284 cm³/mol. The molecule has 0 aliphatic carbocycles. The number of carbonyl (C=O) groups excluding carboxylic acids is 2. The standard InChI is InChI=1S/C7H8.C6H17NO4P.C5H14NO3P.C3H4N2OS.C3H9O3P.C3H9O2P.2C3H6O.C2H7O3P.C2H7O2P.C2H6/c1-7-5-3-2-4-6-7;1-7(2,3)6-11-12(8,9-4)10-5;1-6(2,3)5-9-10(4,7)8;1-2-3(6)5-7-4-2;1-5-7(3,4)6-2;1-5-6(2,3)4;2*1-3(2)4;1-5-6(2,3)4;1-5(2,3)4;1-2/h2-6H,1H3;6H2,1-5H3;5H2,1-4H3;1H3,(H,5,6);1-3H3;1-3H3;2*1-2H3;1-2H3,(H,3,4);1-2H3,(H,3,4);1-2H3/q;+1;;;;;;;;;/p+1. The zero-order valence-electron chi connectivity index (χ0n) is 47.0. The highest BCUT2D eigenvalue weighted by molar-refractivity contribution is 7.58. The summed E-state index contributed by atoms with van der Waals surface area (Å²) in [5.41, 5.74) is 1.79. The van der Waals surface area contributed by atoms with Gasteiger partial charge in [-0.3, -0.25) is 18.3 Å². The summed E-state index contributed by atoms with van der Waals surface area (Å²) in [4.78, 5) is 96.5. The molecule has 0 aliphatic heterocycles. The Hall–Kier alpha value is -0.580. The number of aromatic amines is 1. The fourth-order valence-corrected chi connectivity index (χ4v) is 3.61. The zero-order chi connectivity index (χ0) is 58.6. The fourth-order valence-electron chi connectivity index (χ4n) is 1.56. The summed E-state index contributed by atoms with van der Waals surface area (Å²) in [5, 5.41) is 0. The van der Waals surface area contributed by atoms with Gasteiger partial charge >= 0.3 is 8.17 Å². The van der Waals surface area contributed by atoms with Crippen molar-refractivity contribution in [3.63, 3.8) is 0 Å². The number of phosphoric ester groups is 1. The molecule has 4 N–H and O–H groups in total. The number of phosphoric acid groups is 1. The first kappa shape index (κ1) is 89.0. The number of hydrogen-bond acceptors (Lipinski definition) is 21. The Balaban J connectivity index is -0.0000000854. The van der Waals surface area contributed by atoms with Gasteiger partial charge in [-0.25, -0.2) is 23.4 Å². The van der Waals surface area contributed by atoms with Gasteiger partial charge < -0.3 is 47.5 Å². The molecular weight excluding hydrogens is 1060 g/mol. The first-order chi connectivity index (χ1) is 30.9. The Kier molecular flexibility index (Phi) is 61.2. The molecule has 0 saturated heterocycles. The molecule has 0 radical (unpaired) electrons. The molecule has 0 spiro atoms. The van der Waals surface area contributed by atoms with Gasteiger partial charge in [0.15, 0.2) is 14.7 Å². The van der Waals surface area contributed by atoms with E-state index in [9.17, 15) is 43.1 Å². The Bertz CT molecular complexity index is 1590. The van der Waals surface area contributed by atoms with E-state index in [1.165, 1.54) is 103 Å². The van der Waals surface area contributed by atoms with Crippen LogP contribution in [0.1, 0.15) is 52.8 Å².